The van der Waals surface area contributed by atoms with Crippen molar-refractivity contribution in [3.8, 4) is 11.8 Å². The van der Waals surface area contributed by atoms with Gasteiger partial charge in [-0.25, -0.2) is 4.79 Å². The minimum atomic E-state index is -5.24. The van der Waals surface area contributed by atoms with Gasteiger partial charge in [0.25, 0.3) is 5.56 Å². The molecule has 1 amide bonds. The van der Waals surface area contributed by atoms with Crippen molar-refractivity contribution in [2.75, 3.05) is 13.2 Å². The van der Waals surface area contributed by atoms with E-state index in [1.807, 2.05) is 6.92 Å². The smallest absolute Gasteiger partial charge is 0.790 e. The first kappa shape index (κ1) is 34.7. The van der Waals surface area contributed by atoms with Crippen LogP contribution in [0.2, 0.25) is 0 Å². The second-order valence-corrected chi connectivity index (χ2v) is 8.75. The molecule has 0 radical (unpaired) electrons. The van der Waals surface area contributed by atoms with Crippen LogP contribution in [0.3, 0.4) is 0 Å². The molecule has 2 rings (SSSR count). The van der Waals surface area contributed by atoms with E-state index in [9.17, 15) is 33.8 Å². The van der Waals surface area contributed by atoms with Gasteiger partial charge < -0.3 is 34.0 Å². The van der Waals surface area contributed by atoms with E-state index < -0.39 is 44.1 Å². The van der Waals surface area contributed by atoms with Crippen molar-refractivity contribution in [2.24, 2.45) is 0 Å². The van der Waals surface area contributed by atoms with E-state index in [4.69, 9.17) is 4.74 Å². The van der Waals surface area contributed by atoms with Crippen molar-refractivity contribution in [1.29, 1.82) is 0 Å². The van der Waals surface area contributed by atoms with E-state index in [-0.39, 0.29) is 77.0 Å². The fourth-order valence-electron chi connectivity index (χ4n) is 3.14. The van der Waals surface area contributed by atoms with Crippen molar-refractivity contribution in [3.63, 3.8) is 0 Å². The number of aliphatic hydroxyl groups excluding tert-OH is 1. The Kier molecular flexibility index (Phi) is 17.2. The largest absolute Gasteiger partial charge is 1.00 e. The van der Waals surface area contributed by atoms with Crippen LogP contribution in [0.15, 0.2) is 15.8 Å². The van der Waals surface area contributed by atoms with Crippen LogP contribution in [-0.4, -0.2) is 45.9 Å². The van der Waals surface area contributed by atoms with Crippen LogP contribution in [-0.2, 0) is 18.6 Å². The Morgan fingerprint density at radius 2 is 2.06 bits per heavy atom. The summed E-state index contributed by atoms with van der Waals surface area (Å²) < 4.78 is 21.2. The summed E-state index contributed by atoms with van der Waals surface area (Å²) in [5, 5.41) is 12.8. The summed E-state index contributed by atoms with van der Waals surface area (Å²) in [6, 6.07) is 0. The zero-order valence-corrected chi connectivity index (χ0v) is 25.2. The maximum Gasteiger partial charge on any atom is 1.00 e. The molecule has 3 atom stereocenters. The minimum absolute atomic E-state index is 0. The number of nitrogens with zero attached hydrogens (tertiary/aromatic N) is 1. The molecule has 1 aromatic rings. The number of ether oxygens (including phenoxy) is 1. The molecule has 0 spiro atoms. The zero-order valence-electron chi connectivity index (χ0n) is 20.3. The summed E-state index contributed by atoms with van der Waals surface area (Å²) in [5.41, 5.74) is -1.47. The minimum Gasteiger partial charge on any atom is -0.790 e. The van der Waals surface area contributed by atoms with Gasteiger partial charge >= 0.3 is 64.8 Å². The molecular weight excluding hydrogens is 503 g/mol. The number of phosphoric acid groups is 1. The van der Waals surface area contributed by atoms with Crippen LogP contribution in [0.1, 0.15) is 63.7 Å². The van der Waals surface area contributed by atoms with Crippen molar-refractivity contribution in [3.05, 3.63) is 32.6 Å². The number of hydrogen-bond acceptors (Lipinski definition) is 9. The molecule has 1 aliphatic rings. The van der Waals surface area contributed by atoms with E-state index in [0.29, 0.717) is 32.2 Å². The number of amides is 1. The summed E-state index contributed by atoms with van der Waals surface area (Å²) in [7, 11) is -5.24. The van der Waals surface area contributed by atoms with Crippen LogP contribution in [0, 0.1) is 11.8 Å². The van der Waals surface area contributed by atoms with Crippen LogP contribution >= 0.6 is 7.82 Å². The van der Waals surface area contributed by atoms with Crippen molar-refractivity contribution in [1.82, 2.24) is 14.9 Å². The summed E-state index contributed by atoms with van der Waals surface area (Å²) >= 11 is 0. The van der Waals surface area contributed by atoms with Gasteiger partial charge in [-0.1, -0.05) is 25.2 Å². The summed E-state index contributed by atoms with van der Waals surface area (Å²) in [4.78, 5) is 59.2. The Morgan fingerprint density at radius 3 is 2.71 bits per heavy atom. The average molecular weight is 531 g/mol. The first-order chi connectivity index (χ1) is 15.6. The van der Waals surface area contributed by atoms with E-state index >= 15 is 0 Å². The van der Waals surface area contributed by atoms with Crippen molar-refractivity contribution in [2.45, 2.75) is 70.3 Å². The number of aliphatic hydroxyl groups is 1. The molecular formula is C20H28N3Na2O9P. The van der Waals surface area contributed by atoms with Gasteiger partial charge in [-0.2, -0.15) is 0 Å². The maximum atomic E-state index is 12.2. The summed E-state index contributed by atoms with van der Waals surface area (Å²) in [6.07, 6.45) is 1.88. The predicted octanol–water partition coefficient (Wildman–Crippen LogP) is -7.13. The average Bonchev–Trinajstić information content (AvgIpc) is 3.10. The van der Waals surface area contributed by atoms with Crippen molar-refractivity contribution < 1.29 is 92.6 Å². The van der Waals surface area contributed by atoms with Crippen molar-refractivity contribution >= 4 is 13.7 Å². The Balaban J connectivity index is 0.00000578. The van der Waals surface area contributed by atoms with E-state index in [1.54, 1.807) is 0 Å². The second kappa shape index (κ2) is 17.3. The third-order valence-corrected chi connectivity index (χ3v) is 5.38. The van der Waals surface area contributed by atoms with E-state index in [0.717, 1.165) is 17.4 Å². The molecule has 0 saturated carbocycles. The number of aromatic amines is 1. The quantitative estimate of drug-likeness (QED) is 0.108. The second-order valence-electron chi connectivity index (χ2n) is 7.60. The molecule has 0 aromatic carbocycles. The molecule has 1 aliphatic heterocycles. The number of unbranched alkanes of at least 4 members (excludes halogenated alkanes) is 3. The topological polar surface area (TPSA) is 186 Å². The number of carbonyl (C=O) groups is 1. The number of carbonyl (C=O) groups excluding carboxylic acids is 1. The molecule has 1 saturated heterocycles. The number of phosphoric ester groups is 1. The number of nitrogens with one attached hydrogen (secondary N) is 2. The van der Waals surface area contributed by atoms with Crippen LogP contribution in [0.4, 0.5) is 0 Å². The molecule has 1 aromatic heterocycles. The van der Waals surface area contributed by atoms with E-state index in [1.165, 1.54) is 6.20 Å². The normalized spacial score (nSPS) is 19.1. The first-order valence-corrected chi connectivity index (χ1v) is 12.2. The SMILES string of the molecule is CCCCNC(=O)CCCCC#Cc1cn([C@H]2CC(O)[C@@H](COP(=O)([O-])[O-])O2)c(=O)[nH]c1=O.[Na+].[Na+]. The standard InChI is InChI=1S/C20H30N3O9P.2Na/c1-2-3-10-21-17(25)9-7-5-4-6-8-14-12-23(20(27)22-19(14)26)18-11-15(24)16(32-18)13-31-33(28,29)30;;/h12,15-16,18,24H,2-5,7,9-11,13H2,1H3,(H,21,25)(H,22,26,27)(H2,28,29,30);;/q;2*+1/p-2/t15?,16-,18-;;/m1../s1. The summed E-state index contributed by atoms with van der Waals surface area (Å²) in [5.74, 6) is 5.51. The van der Waals surface area contributed by atoms with Gasteiger partial charge in [-0.05, 0) is 19.3 Å². The van der Waals surface area contributed by atoms with Gasteiger partial charge in [0, 0.05) is 32.0 Å². The Labute approximate surface area is 247 Å². The van der Waals surface area contributed by atoms with Gasteiger partial charge in [0.15, 0.2) is 0 Å². The monoisotopic (exact) mass is 531 g/mol. The molecule has 0 bridgehead atoms. The Morgan fingerprint density at radius 1 is 1.34 bits per heavy atom. The number of H-pyrrole nitrogens is 1. The third-order valence-electron chi connectivity index (χ3n) is 4.91. The molecule has 2 heterocycles. The predicted molar refractivity (Wildman–Crippen MR) is 113 cm³/mol. The number of hydrogen-bond donors (Lipinski definition) is 3. The van der Waals surface area contributed by atoms with Crippen LogP contribution in [0.25, 0.3) is 0 Å². The molecule has 15 heteroatoms. The van der Waals surface area contributed by atoms with Gasteiger partial charge in [0.1, 0.15) is 17.9 Å². The van der Waals surface area contributed by atoms with Crippen LogP contribution in [0.5, 0.6) is 0 Å². The first-order valence-electron chi connectivity index (χ1n) is 10.7. The Bertz CT molecular complexity index is 1030. The van der Waals surface area contributed by atoms with Crippen LogP contribution < -0.4 is 85.5 Å². The fraction of sp³-hybridized carbons (Fsp3) is 0.650. The Hall–Kier alpha value is -0.260. The molecule has 12 nitrogen and oxygen atoms in total. The summed E-state index contributed by atoms with van der Waals surface area (Å²) in [6.45, 7) is 2.02. The number of aromatic nitrogens is 2. The van der Waals surface area contributed by atoms with Gasteiger partial charge in [-0.15, -0.1) is 0 Å². The fourth-order valence-corrected chi connectivity index (χ4v) is 3.47. The molecule has 3 N–H and O–H groups in total. The molecule has 35 heavy (non-hydrogen) atoms. The zero-order chi connectivity index (χ0) is 24.4. The third kappa shape index (κ3) is 12.7. The molecule has 0 aliphatic carbocycles. The molecule has 1 unspecified atom stereocenters. The van der Waals surface area contributed by atoms with Gasteiger partial charge in [0.05, 0.1) is 20.5 Å². The van der Waals surface area contributed by atoms with Gasteiger partial charge in [0.2, 0.25) is 5.91 Å². The maximum absolute atomic E-state index is 12.2. The van der Waals surface area contributed by atoms with E-state index in [2.05, 4.69) is 26.7 Å². The van der Waals surface area contributed by atoms with Gasteiger partial charge in [-0.3, -0.25) is 19.1 Å². The molecule has 184 valence electrons. The molecule has 1 fully saturated rings. The number of rotatable bonds is 11.